The normalized spacial score (nSPS) is 19.8. The van der Waals surface area contributed by atoms with Crippen LogP contribution in [0.15, 0.2) is 24.5 Å². The highest BCUT2D eigenvalue weighted by atomic mass is 16.3. The summed E-state index contributed by atoms with van der Waals surface area (Å²) >= 11 is 0. The van der Waals surface area contributed by atoms with Crippen LogP contribution in [0.25, 0.3) is 0 Å². The topological polar surface area (TPSA) is 65.5 Å². The second-order valence-corrected chi connectivity index (χ2v) is 5.26. The number of rotatable bonds is 6. The van der Waals surface area contributed by atoms with Crippen LogP contribution in [0.2, 0.25) is 0 Å². The number of aromatic nitrogens is 1. The van der Waals surface area contributed by atoms with E-state index in [1.807, 2.05) is 12.1 Å². The molecule has 1 aliphatic rings. The molecule has 1 atom stereocenters. The number of pyridine rings is 1. The van der Waals surface area contributed by atoms with Gasteiger partial charge in [0.05, 0.1) is 13.0 Å². The molecule has 2 heterocycles. The predicted molar refractivity (Wildman–Crippen MR) is 77.2 cm³/mol. The fraction of sp³-hybridized carbons (Fsp3) is 0.600. The third-order valence-electron chi connectivity index (χ3n) is 3.77. The van der Waals surface area contributed by atoms with Gasteiger partial charge in [-0.15, -0.1) is 0 Å². The molecule has 5 nitrogen and oxygen atoms in total. The SMILES string of the molecule is O=C(Cc1cccnc1)NCCN1CCCC[C@H]1CO. The molecule has 0 saturated carbocycles. The Bertz CT molecular complexity index is 411. The number of piperidine rings is 1. The van der Waals surface area contributed by atoms with E-state index < -0.39 is 0 Å². The molecule has 1 amide bonds. The van der Waals surface area contributed by atoms with E-state index in [0.29, 0.717) is 13.0 Å². The number of nitrogens with one attached hydrogen (secondary N) is 1. The minimum absolute atomic E-state index is 0.0237. The first-order chi connectivity index (χ1) is 9.79. The van der Waals surface area contributed by atoms with Crippen LogP contribution in [0.3, 0.4) is 0 Å². The van der Waals surface area contributed by atoms with Crippen LogP contribution in [0.1, 0.15) is 24.8 Å². The Morgan fingerprint density at radius 3 is 3.15 bits per heavy atom. The maximum absolute atomic E-state index is 11.8. The van der Waals surface area contributed by atoms with E-state index in [9.17, 15) is 9.90 Å². The number of aliphatic hydroxyl groups excluding tert-OH is 1. The van der Waals surface area contributed by atoms with Crippen LogP contribution >= 0.6 is 0 Å². The largest absolute Gasteiger partial charge is 0.395 e. The van der Waals surface area contributed by atoms with Gasteiger partial charge in [0.1, 0.15) is 0 Å². The zero-order valence-corrected chi connectivity index (χ0v) is 11.8. The van der Waals surface area contributed by atoms with Gasteiger partial charge in [0.25, 0.3) is 0 Å². The summed E-state index contributed by atoms with van der Waals surface area (Å²) in [6.45, 7) is 2.67. The molecule has 1 aromatic heterocycles. The zero-order chi connectivity index (χ0) is 14.2. The Morgan fingerprint density at radius 1 is 1.50 bits per heavy atom. The van der Waals surface area contributed by atoms with Gasteiger partial charge in [-0.1, -0.05) is 12.5 Å². The van der Waals surface area contributed by atoms with Gasteiger partial charge in [-0.2, -0.15) is 0 Å². The first-order valence-corrected chi connectivity index (χ1v) is 7.30. The monoisotopic (exact) mass is 277 g/mol. The Kier molecular flexibility index (Phi) is 5.95. The van der Waals surface area contributed by atoms with Crippen molar-refractivity contribution in [2.24, 2.45) is 0 Å². The van der Waals surface area contributed by atoms with E-state index in [1.165, 1.54) is 12.8 Å². The summed E-state index contributed by atoms with van der Waals surface area (Å²) in [5.41, 5.74) is 0.927. The average Bonchev–Trinajstić information content (AvgIpc) is 2.49. The summed E-state index contributed by atoms with van der Waals surface area (Å²) in [5.74, 6) is 0.0237. The summed E-state index contributed by atoms with van der Waals surface area (Å²) in [6.07, 6.45) is 7.21. The smallest absolute Gasteiger partial charge is 0.224 e. The summed E-state index contributed by atoms with van der Waals surface area (Å²) in [6, 6.07) is 4.00. The van der Waals surface area contributed by atoms with Crippen LogP contribution < -0.4 is 5.32 Å². The molecular formula is C15H23N3O2. The van der Waals surface area contributed by atoms with E-state index in [0.717, 1.165) is 25.1 Å². The third kappa shape index (κ3) is 4.58. The van der Waals surface area contributed by atoms with Crippen molar-refractivity contribution in [3.8, 4) is 0 Å². The molecular weight excluding hydrogens is 254 g/mol. The van der Waals surface area contributed by atoms with Crippen molar-refractivity contribution in [2.45, 2.75) is 31.7 Å². The maximum atomic E-state index is 11.8. The van der Waals surface area contributed by atoms with Gasteiger partial charge < -0.3 is 10.4 Å². The van der Waals surface area contributed by atoms with Gasteiger partial charge in [0.2, 0.25) is 5.91 Å². The van der Waals surface area contributed by atoms with Crippen LogP contribution in [0, 0.1) is 0 Å². The Balaban J connectivity index is 1.68. The van der Waals surface area contributed by atoms with E-state index in [2.05, 4.69) is 15.2 Å². The molecule has 2 N–H and O–H groups in total. The van der Waals surface area contributed by atoms with Crippen molar-refractivity contribution in [1.82, 2.24) is 15.2 Å². The van der Waals surface area contributed by atoms with Gasteiger partial charge >= 0.3 is 0 Å². The van der Waals surface area contributed by atoms with E-state index >= 15 is 0 Å². The van der Waals surface area contributed by atoms with Crippen LogP contribution in [0.4, 0.5) is 0 Å². The van der Waals surface area contributed by atoms with Gasteiger partial charge in [-0.3, -0.25) is 14.7 Å². The lowest BCUT2D eigenvalue weighted by Crippen LogP contribution is -2.45. The highest BCUT2D eigenvalue weighted by molar-refractivity contribution is 5.78. The van der Waals surface area contributed by atoms with Crippen molar-refractivity contribution >= 4 is 5.91 Å². The molecule has 1 saturated heterocycles. The number of nitrogens with zero attached hydrogens (tertiary/aromatic N) is 2. The summed E-state index contributed by atoms with van der Waals surface area (Å²) in [5, 5.41) is 12.3. The van der Waals surface area contributed by atoms with Gasteiger partial charge in [0, 0.05) is 31.5 Å². The second kappa shape index (κ2) is 7.97. The number of likely N-dealkylation sites (tertiary alicyclic amines) is 1. The molecule has 5 heteroatoms. The first kappa shape index (κ1) is 14.9. The number of carbonyl (C=O) groups excluding carboxylic acids is 1. The highest BCUT2D eigenvalue weighted by Gasteiger charge is 2.20. The number of aliphatic hydroxyl groups is 1. The first-order valence-electron chi connectivity index (χ1n) is 7.30. The van der Waals surface area contributed by atoms with Crippen molar-refractivity contribution in [3.63, 3.8) is 0 Å². The van der Waals surface area contributed by atoms with Crippen molar-refractivity contribution in [1.29, 1.82) is 0 Å². The molecule has 110 valence electrons. The van der Waals surface area contributed by atoms with E-state index in [1.54, 1.807) is 12.4 Å². The maximum Gasteiger partial charge on any atom is 0.224 e. The van der Waals surface area contributed by atoms with Crippen molar-refractivity contribution in [2.75, 3.05) is 26.2 Å². The van der Waals surface area contributed by atoms with Gasteiger partial charge in [0.15, 0.2) is 0 Å². The molecule has 1 aliphatic heterocycles. The van der Waals surface area contributed by atoms with Crippen molar-refractivity contribution in [3.05, 3.63) is 30.1 Å². The Labute approximate surface area is 120 Å². The molecule has 0 aromatic carbocycles. The molecule has 0 aliphatic carbocycles. The third-order valence-corrected chi connectivity index (χ3v) is 3.77. The van der Waals surface area contributed by atoms with Crippen molar-refractivity contribution < 1.29 is 9.90 Å². The summed E-state index contributed by atoms with van der Waals surface area (Å²) in [7, 11) is 0. The van der Waals surface area contributed by atoms with Gasteiger partial charge in [-0.25, -0.2) is 0 Å². The molecule has 20 heavy (non-hydrogen) atoms. The van der Waals surface area contributed by atoms with Crippen LogP contribution in [-0.2, 0) is 11.2 Å². The quantitative estimate of drug-likeness (QED) is 0.798. The number of carbonyl (C=O) groups is 1. The van der Waals surface area contributed by atoms with E-state index in [4.69, 9.17) is 0 Å². The molecule has 0 spiro atoms. The molecule has 0 radical (unpaired) electrons. The zero-order valence-electron chi connectivity index (χ0n) is 11.8. The Hall–Kier alpha value is -1.46. The summed E-state index contributed by atoms with van der Waals surface area (Å²) < 4.78 is 0. The van der Waals surface area contributed by atoms with Gasteiger partial charge in [-0.05, 0) is 31.0 Å². The van der Waals surface area contributed by atoms with E-state index in [-0.39, 0.29) is 18.6 Å². The van der Waals surface area contributed by atoms with Crippen LogP contribution in [0.5, 0.6) is 0 Å². The predicted octanol–water partition coefficient (Wildman–Crippen LogP) is 0.587. The lowest BCUT2D eigenvalue weighted by molar-refractivity contribution is -0.120. The molecule has 1 aromatic rings. The minimum atomic E-state index is 0.0237. The highest BCUT2D eigenvalue weighted by Crippen LogP contribution is 2.15. The fourth-order valence-corrected chi connectivity index (χ4v) is 2.65. The standard InChI is InChI=1S/C15H23N3O2/c19-12-14-5-1-2-8-18(14)9-7-17-15(20)10-13-4-3-6-16-11-13/h3-4,6,11,14,19H,1-2,5,7-10,12H2,(H,17,20)/t14-/m0/s1. The Morgan fingerprint density at radius 2 is 2.40 bits per heavy atom. The number of hydrogen-bond donors (Lipinski definition) is 2. The lowest BCUT2D eigenvalue weighted by atomic mass is 10.0. The summed E-state index contributed by atoms with van der Waals surface area (Å²) in [4.78, 5) is 18.1. The average molecular weight is 277 g/mol. The number of hydrogen-bond acceptors (Lipinski definition) is 4. The fourth-order valence-electron chi connectivity index (χ4n) is 2.65. The minimum Gasteiger partial charge on any atom is -0.395 e. The molecule has 0 bridgehead atoms. The number of amides is 1. The van der Waals surface area contributed by atoms with Crippen LogP contribution in [-0.4, -0.2) is 53.2 Å². The second-order valence-electron chi connectivity index (χ2n) is 5.26. The molecule has 1 fully saturated rings. The molecule has 0 unspecified atom stereocenters. The molecule has 2 rings (SSSR count). The lowest BCUT2D eigenvalue weighted by Gasteiger charge is -2.34.